The average Bonchev–Trinajstić information content (AvgIpc) is 2.12. The number of aliphatic hydroxyl groups excluding tert-OH is 1. The van der Waals surface area contributed by atoms with Gasteiger partial charge in [-0.2, -0.15) is 0 Å². The smallest absolute Gasteiger partial charge is 0.102 e. The Labute approximate surface area is 87.5 Å². The monoisotopic (exact) mass is 211 g/mol. The third-order valence-electron chi connectivity index (χ3n) is 2.14. The van der Waals surface area contributed by atoms with Crippen molar-refractivity contribution in [2.45, 2.75) is 23.3 Å². The van der Waals surface area contributed by atoms with Gasteiger partial charge in [-0.25, -0.2) is 4.98 Å². The molecule has 1 saturated heterocycles. The van der Waals surface area contributed by atoms with Crippen LogP contribution in [-0.2, 0) is 4.74 Å². The molecular weight excluding hydrogens is 198 g/mol. The first kappa shape index (κ1) is 9.96. The molecule has 0 aromatic carbocycles. The topological polar surface area (TPSA) is 42.4 Å². The van der Waals surface area contributed by atoms with Crippen LogP contribution in [0, 0.1) is 0 Å². The number of thioether (sulfide) groups is 1. The lowest BCUT2D eigenvalue weighted by Gasteiger charge is -2.25. The van der Waals surface area contributed by atoms with Gasteiger partial charge in [0.1, 0.15) is 5.03 Å². The van der Waals surface area contributed by atoms with Crippen LogP contribution in [0.5, 0.6) is 0 Å². The summed E-state index contributed by atoms with van der Waals surface area (Å²) in [5, 5.41) is 11.0. The van der Waals surface area contributed by atoms with Gasteiger partial charge in [0.15, 0.2) is 0 Å². The maximum atomic E-state index is 9.52. The molecule has 0 bridgehead atoms. The molecule has 3 nitrogen and oxygen atoms in total. The first-order valence-corrected chi connectivity index (χ1v) is 5.52. The molecule has 1 fully saturated rings. The number of ether oxygens (including phenoxy) is 1. The zero-order chi connectivity index (χ0) is 9.97. The fraction of sp³-hybridized carbons (Fsp3) is 0.500. The summed E-state index contributed by atoms with van der Waals surface area (Å²) in [7, 11) is 0. The van der Waals surface area contributed by atoms with Crippen LogP contribution in [0.15, 0.2) is 23.4 Å². The number of pyridine rings is 1. The molecular formula is C10H13NO2S. The summed E-state index contributed by atoms with van der Waals surface area (Å²) < 4.78 is 5.10. The molecule has 0 amide bonds. The summed E-state index contributed by atoms with van der Waals surface area (Å²) in [5.74, 6) is 0. The number of hydrogen-bond donors (Lipinski definition) is 1. The number of nitrogens with zero attached hydrogens (tertiary/aromatic N) is 1. The van der Waals surface area contributed by atoms with Crippen molar-refractivity contribution < 1.29 is 9.84 Å². The van der Waals surface area contributed by atoms with E-state index in [1.807, 2.05) is 12.1 Å². The summed E-state index contributed by atoms with van der Waals surface area (Å²) in [6.07, 6.45) is 1.31. The fourth-order valence-electron chi connectivity index (χ4n) is 1.26. The Bertz CT molecular complexity index is 313. The van der Waals surface area contributed by atoms with Gasteiger partial charge >= 0.3 is 0 Å². The lowest BCUT2D eigenvalue weighted by atomic mass is 10.2. The van der Waals surface area contributed by atoms with E-state index in [2.05, 4.69) is 4.98 Å². The van der Waals surface area contributed by atoms with Crippen molar-refractivity contribution in [2.24, 2.45) is 0 Å². The van der Waals surface area contributed by atoms with Gasteiger partial charge in [0.05, 0.1) is 24.6 Å². The zero-order valence-electron chi connectivity index (χ0n) is 8.01. The Hall–Kier alpha value is -0.580. The molecule has 76 valence electrons. The Kier molecular flexibility index (Phi) is 3.05. The van der Waals surface area contributed by atoms with Crippen molar-refractivity contribution in [2.75, 3.05) is 13.2 Å². The van der Waals surface area contributed by atoms with E-state index in [1.165, 1.54) is 0 Å². The van der Waals surface area contributed by atoms with E-state index in [4.69, 9.17) is 4.74 Å². The molecule has 0 aliphatic carbocycles. The molecule has 2 rings (SSSR count). The molecule has 1 aromatic rings. The Morgan fingerprint density at radius 1 is 1.64 bits per heavy atom. The maximum absolute atomic E-state index is 9.52. The highest BCUT2D eigenvalue weighted by Crippen LogP contribution is 2.31. The van der Waals surface area contributed by atoms with E-state index < -0.39 is 6.10 Å². The number of rotatable bonds is 3. The van der Waals surface area contributed by atoms with Crippen LogP contribution in [0.2, 0.25) is 0 Å². The van der Waals surface area contributed by atoms with Gasteiger partial charge in [-0.15, -0.1) is 0 Å². The lowest BCUT2D eigenvalue weighted by molar-refractivity contribution is 0.0454. The molecule has 1 N–H and O–H groups in total. The Morgan fingerprint density at radius 3 is 3.00 bits per heavy atom. The van der Waals surface area contributed by atoms with Gasteiger partial charge in [-0.1, -0.05) is 17.8 Å². The predicted octanol–water partition coefficient (Wildman–Crippen LogP) is 1.63. The molecule has 1 aromatic heterocycles. The van der Waals surface area contributed by atoms with Crippen LogP contribution >= 0.6 is 11.8 Å². The summed E-state index contributed by atoms with van der Waals surface area (Å²) in [4.78, 5) is 4.27. The van der Waals surface area contributed by atoms with E-state index in [0.29, 0.717) is 5.25 Å². The second-order valence-corrected chi connectivity index (χ2v) is 4.64. The van der Waals surface area contributed by atoms with Crippen molar-refractivity contribution in [3.63, 3.8) is 0 Å². The molecule has 14 heavy (non-hydrogen) atoms. The molecule has 1 atom stereocenters. The Morgan fingerprint density at radius 2 is 2.43 bits per heavy atom. The summed E-state index contributed by atoms with van der Waals surface area (Å²) in [5.41, 5.74) is 0.907. The molecule has 1 aliphatic rings. The molecule has 4 heteroatoms. The molecule has 2 heterocycles. The minimum Gasteiger partial charge on any atom is -0.389 e. The lowest BCUT2D eigenvalue weighted by Crippen LogP contribution is -2.30. The van der Waals surface area contributed by atoms with E-state index in [-0.39, 0.29) is 0 Å². The average molecular weight is 211 g/mol. The molecule has 0 saturated carbocycles. The van der Waals surface area contributed by atoms with E-state index >= 15 is 0 Å². The van der Waals surface area contributed by atoms with Crippen LogP contribution in [0.25, 0.3) is 0 Å². The summed E-state index contributed by atoms with van der Waals surface area (Å²) >= 11 is 1.69. The highest BCUT2D eigenvalue weighted by molar-refractivity contribution is 8.00. The summed E-state index contributed by atoms with van der Waals surface area (Å²) in [6.45, 7) is 3.35. The molecule has 1 unspecified atom stereocenters. The molecule has 1 aliphatic heterocycles. The second kappa shape index (κ2) is 4.29. The standard InChI is InChI=1S/C10H13NO2S/c1-7(12)9-3-2-4-11-10(9)14-8-5-13-6-8/h2-4,7-8,12H,5-6H2,1H3. The first-order valence-electron chi connectivity index (χ1n) is 4.65. The van der Waals surface area contributed by atoms with Gasteiger partial charge in [0.2, 0.25) is 0 Å². The van der Waals surface area contributed by atoms with Gasteiger partial charge in [-0.3, -0.25) is 0 Å². The van der Waals surface area contributed by atoms with Crippen LogP contribution in [0.4, 0.5) is 0 Å². The first-order chi connectivity index (χ1) is 6.77. The number of aromatic nitrogens is 1. The number of hydrogen-bond acceptors (Lipinski definition) is 4. The van der Waals surface area contributed by atoms with E-state index in [0.717, 1.165) is 23.8 Å². The number of aliphatic hydroxyl groups is 1. The maximum Gasteiger partial charge on any atom is 0.102 e. The third kappa shape index (κ3) is 2.08. The molecule has 0 spiro atoms. The predicted molar refractivity (Wildman–Crippen MR) is 55.3 cm³/mol. The van der Waals surface area contributed by atoms with E-state index in [9.17, 15) is 5.11 Å². The highest BCUT2D eigenvalue weighted by Gasteiger charge is 2.22. The normalized spacial score (nSPS) is 19.0. The highest BCUT2D eigenvalue weighted by atomic mass is 32.2. The van der Waals surface area contributed by atoms with Crippen molar-refractivity contribution in [1.29, 1.82) is 0 Å². The quantitative estimate of drug-likeness (QED) is 0.825. The van der Waals surface area contributed by atoms with Crippen LogP contribution < -0.4 is 0 Å². The zero-order valence-corrected chi connectivity index (χ0v) is 8.83. The third-order valence-corrected chi connectivity index (χ3v) is 3.31. The van der Waals surface area contributed by atoms with Crippen LogP contribution in [0.3, 0.4) is 0 Å². The largest absolute Gasteiger partial charge is 0.389 e. The van der Waals surface area contributed by atoms with Crippen LogP contribution in [0.1, 0.15) is 18.6 Å². The van der Waals surface area contributed by atoms with Crippen molar-refractivity contribution in [1.82, 2.24) is 4.98 Å². The second-order valence-electron chi connectivity index (χ2n) is 3.35. The summed E-state index contributed by atoms with van der Waals surface area (Å²) in [6, 6.07) is 3.77. The SMILES string of the molecule is CC(O)c1cccnc1SC1COC1. The molecule has 0 radical (unpaired) electrons. The van der Waals surface area contributed by atoms with E-state index in [1.54, 1.807) is 24.9 Å². The van der Waals surface area contributed by atoms with Crippen molar-refractivity contribution >= 4 is 11.8 Å². The Balaban J connectivity index is 2.13. The van der Waals surface area contributed by atoms with Gasteiger partial charge in [-0.05, 0) is 13.0 Å². The van der Waals surface area contributed by atoms with Gasteiger partial charge in [0.25, 0.3) is 0 Å². The van der Waals surface area contributed by atoms with Crippen molar-refractivity contribution in [3.05, 3.63) is 23.9 Å². The fourth-order valence-corrected chi connectivity index (χ4v) is 2.40. The minimum atomic E-state index is -0.452. The van der Waals surface area contributed by atoms with Crippen LogP contribution in [-0.4, -0.2) is 28.6 Å². The minimum absolute atomic E-state index is 0.452. The van der Waals surface area contributed by atoms with Crippen molar-refractivity contribution in [3.8, 4) is 0 Å². The van der Waals surface area contributed by atoms with Gasteiger partial charge < -0.3 is 9.84 Å². The van der Waals surface area contributed by atoms with Gasteiger partial charge in [0, 0.05) is 11.8 Å².